The van der Waals surface area contributed by atoms with Crippen molar-refractivity contribution in [2.75, 3.05) is 19.8 Å². The van der Waals surface area contributed by atoms with E-state index in [1.807, 2.05) is 19.1 Å². The molecule has 1 aliphatic rings. The lowest BCUT2D eigenvalue weighted by molar-refractivity contribution is -0.147. The van der Waals surface area contributed by atoms with Gasteiger partial charge in [-0.2, -0.15) is 0 Å². The summed E-state index contributed by atoms with van der Waals surface area (Å²) in [5.41, 5.74) is 0. The van der Waals surface area contributed by atoms with E-state index in [0.717, 1.165) is 4.88 Å². The van der Waals surface area contributed by atoms with Crippen LogP contribution in [-0.4, -0.2) is 31.8 Å². The molecule has 1 atom stereocenters. The van der Waals surface area contributed by atoms with E-state index in [9.17, 15) is 4.79 Å². The van der Waals surface area contributed by atoms with Gasteiger partial charge in [-0.05, 0) is 19.1 Å². The summed E-state index contributed by atoms with van der Waals surface area (Å²) in [5, 5.41) is 2.85. The molecule has 5 heteroatoms. The van der Waals surface area contributed by atoms with Crippen LogP contribution in [0.3, 0.4) is 0 Å². The maximum Gasteiger partial charge on any atom is 0.251 e. The molecular formula is C11H15NO3S. The highest BCUT2D eigenvalue weighted by atomic mass is 32.1. The molecule has 4 nitrogen and oxygen atoms in total. The molecule has 1 amide bonds. The van der Waals surface area contributed by atoms with Crippen LogP contribution in [0.5, 0.6) is 0 Å². The van der Waals surface area contributed by atoms with Gasteiger partial charge in [0, 0.05) is 9.75 Å². The third-order valence-electron chi connectivity index (χ3n) is 2.34. The maximum atomic E-state index is 11.7. The van der Waals surface area contributed by atoms with Gasteiger partial charge in [0.1, 0.15) is 0 Å². The first-order valence-electron chi connectivity index (χ1n) is 5.28. The Morgan fingerprint density at radius 1 is 1.56 bits per heavy atom. The van der Waals surface area contributed by atoms with E-state index >= 15 is 0 Å². The summed E-state index contributed by atoms with van der Waals surface area (Å²) < 4.78 is 10.5. The number of aryl methyl sites for hydroxylation is 1. The van der Waals surface area contributed by atoms with E-state index in [2.05, 4.69) is 5.32 Å². The van der Waals surface area contributed by atoms with Gasteiger partial charge in [-0.3, -0.25) is 4.79 Å². The summed E-state index contributed by atoms with van der Waals surface area (Å²) in [6.07, 6.45) is -0.449. The van der Waals surface area contributed by atoms with Crippen LogP contribution < -0.4 is 5.32 Å². The minimum absolute atomic E-state index is 0.0919. The number of ether oxygens (including phenoxy) is 2. The van der Waals surface area contributed by atoms with Crippen molar-refractivity contribution >= 4 is 17.2 Å². The summed E-state index contributed by atoms with van der Waals surface area (Å²) in [6, 6.07) is 4.07. The molecule has 0 aliphatic carbocycles. The number of carbonyl (C=O) groups excluding carboxylic acids is 1. The number of rotatable bonds is 3. The molecule has 1 unspecified atom stereocenters. The number of carbonyl (C=O) groups is 1. The average molecular weight is 241 g/mol. The average Bonchev–Trinajstić information content (AvgIpc) is 2.73. The minimum Gasteiger partial charge on any atom is -0.376 e. The SMILES string of the molecule is Cc1ccc(CNC(=O)C2COCCO2)s1. The summed E-state index contributed by atoms with van der Waals surface area (Å²) in [4.78, 5) is 14.1. The van der Waals surface area contributed by atoms with Crippen molar-refractivity contribution in [2.45, 2.75) is 19.6 Å². The predicted molar refractivity (Wildman–Crippen MR) is 61.5 cm³/mol. The molecule has 0 aromatic carbocycles. The fourth-order valence-electron chi connectivity index (χ4n) is 1.51. The molecule has 1 fully saturated rings. The van der Waals surface area contributed by atoms with Crippen molar-refractivity contribution < 1.29 is 14.3 Å². The maximum absolute atomic E-state index is 11.7. The second-order valence-corrected chi connectivity index (χ2v) is 5.04. The highest BCUT2D eigenvalue weighted by molar-refractivity contribution is 7.11. The Bertz CT molecular complexity index is 358. The summed E-state index contributed by atoms with van der Waals surface area (Å²) in [5.74, 6) is -0.0919. The molecule has 0 bridgehead atoms. The van der Waals surface area contributed by atoms with Gasteiger partial charge in [0.15, 0.2) is 6.10 Å². The molecule has 2 heterocycles. The third-order valence-corrected chi connectivity index (χ3v) is 3.34. The van der Waals surface area contributed by atoms with Gasteiger partial charge in [-0.15, -0.1) is 11.3 Å². The topological polar surface area (TPSA) is 47.6 Å². The van der Waals surface area contributed by atoms with Crippen molar-refractivity contribution in [3.05, 3.63) is 21.9 Å². The number of thiophene rings is 1. The molecule has 1 aromatic rings. The van der Waals surface area contributed by atoms with Crippen molar-refractivity contribution in [3.8, 4) is 0 Å². The van der Waals surface area contributed by atoms with Crippen LogP contribution in [0.4, 0.5) is 0 Å². The highest BCUT2D eigenvalue weighted by Gasteiger charge is 2.22. The van der Waals surface area contributed by atoms with E-state index in [1.54, 1.807) is 11.3 Å². The van der Waals surface area contributed by atoms with Crippen LogP contribution >= 0.6 is 11.3 Å². The first kappa shape index (κ1) is 11.6. The Labute approximate surface area is 98.6 Å². The van der Waals surface area contributed by atoms with Crippen LogP contribution in [0.15, 0.2) is 12.1 Å². The van der Waals surface area contributed by atoms with Gasteiger partial charge in [0.05, 0.1) is 26.4 Å². The Morgan fingerprint density at radius 3 is 3.06 bits per heavy atom. The van der Waals surface area contributed by atoms with Gasteiger partial charge < -0.3 is 14.8 Å². The lowest BCUT2D eigenvalue weighted by Crippen LogP contribution is -2.42. The van der Waals surface area contributed by atoms with E-state index < -0.39 is 6.10 Å². The first-order chi connectivity index (χ1) is 7.75. The number of nitrogens with one attached hydrogen (secondary N) is 1. The molecule has 0 spiro atoms. The Hall–Kier alpha value is -0.910. The lowest BCUT2D eigenvalue weighted by atomic mass is 10.3. The third kappa shape index (κ3) is 3.04. The standard InChI is InChI=1S/C11H15NO3S/c1-8-2-3-9(16-8)6-12-11(13)10-7-14-4-5-15-10/h2-3,10H,4-7H2,1H3,(H,12,13). The van der Waals surface area contributed by atoms with Crippen molar-refractivity contribution in [1.82, 2.24) is 5.32 Å². The minimum atomic E-state index is -0.449. The fraction of sp³-hybridized carbons (Fsp3) is 0.545. The first-order valence-corrected chi connectivity index (χ1v) is 6.10. The fourth-order valence-corrected chi connectivity index (χ4v) is 2.34. The zero-order valence-electron chi connectivity index (χ0n) is 9.19. The monoisotopic (exact) mass is 241 g/mol. The predicted octanol–water partition coefficient (Wildman–Crippen LogP) is 1.09. The lowest BCUT2D eigenvalue weighted by Gasteiger charge is -2.21. The van der Waals surface area contributed by atoms with Gasteiger partial charge in [-0.1, -0.05) is 0 Å². The van der Waals surface area contributed by atoms with Crippen LogP contribution in [0.1, 0.15) is 9.75 Å². The molecule has 2 rings (SSSR count). The van der Waals surface area contributed by atoms with E-state index in [1.165, 1.54) is 4.88 Å². The van der Waals surface area contributed by atoms with E-state index in [4.69, 9.17) is 9.47 Å². The Balaban J connectivity index is 1.78. The Kier molecular flexibility index (Phi) is 3.93. The zero-order valence-corrected chi connectivity index (χ0v) is 10.0. The number of hydrogen-bond acceptors (Lipinski definition) is 4. The molecule has 16 heavy (non-hydrogen) atoms. The molecule has 1 aliphatic heterocycles. The number of amides is 1. The van der Waals surface area contributed by atoms with Crippen LogP contribution in [0.25, 0.3) is 0 Å². The molecule has 0 radical (unpaired) electrons. The zero-order chi connectivity index (χ0) is 11.4. The molecule has 0 saturated carbocycles. The molecule has 88 valence electrons. The smallest absolute Gasteiger partial charge is 0.251 e. The second-order valence-electron chi connectivity index (χ2n) is 3.66. The second kappa shape index (κ2) is 5.43. The molecule has 1 aromatic heterocycles. The molecule has 1 saturated heterocycles. The van der Waals surface area contributed by atoms with Gasteiger partial charge in [-0.25, -0.2) is 0 Å². The van der Waals surface area contributed by atoms with Gasteiger partial charge in [0.2, 0.25) is 0 Å². The summed E-state index contributed by atoms with van der Waals surface area (Å²) >= 11 is 1.69. The van der Waals surface area contributed by atoms with E-state index in [0.29, 0.717) is 26.4 Å². The number of hydrogen-bond donors (Lipinski definition) is 1. The van der Waals surface area contributed by atoms with Crippen molar-refractivity contribution in [3.63, 3.8) is 0 Å². The van der Waals surface area contributed by atoms with E-state index in [-0.39, 0.29) is 5.91 Å². The summed E-state index contributed by atoms with van der Waals surface area (Å²) in [6.45, 7) is 4.05. The highest BCUT2D eigenvalue weighted by Crippen LogP contribution is 2.14. The van der Waals surface area contributed by atoms with Crippen LogP contribution in [0, 0.1) is 6.92 Å². The van der Waals surface area contributed by atoms with Crippen molar-refractivity contribution in [1.29, 1.82) is 0 Å². The van der Waals surface area contributed by atoms with Gasteiger partial charge in [0.25, 0.3) is 5.91 Å². The normalized spacial score (nSPS) is 20.7. The Morgan fingerprint density at radius 2 is 2.44 bits per heavy atom. The molecule has 1 N–H and O–H groups in total. The summed E-state index contributed by atoms with van der Waals surface area (Å²) in [7, 11) is 0. The van der Waals surface area contributed by atoms with Gasteiger partial charge >= 0.3 is 0 Å². The quantitative estimate of drug-likeness (QED) is 0.861. The van der Waals surface area contributed by atoms with Crippen LogP contribution in [0.2, 0.25) is 0 Å². The van der Waals surface area contributed by atoms with Crippen molar-refractivity contribution in [2.24, 2.45) is 0 Å². The molecular weight excluding hydrogens is 226 g/mol. The largest absolute Gasteiger partial charge is 0.376 e. The van der Waals surface area contributed by atoms with Crippen LogP contribution in [-0.2, 0) is 20.8 Å².